The number of hydrogen-bond acceptors (Lipinski definition) is 6. The van der Waals surface area contributed by atoms with Crippen LogP contribution in [0.5, 0.6) is 0 Å². The predicted molar refractivity (Wildman–Crippen MR) is 135 cm³/mol. The summed E-state index contributed by atoms with van der Waals surface area (Å²) in [6, 6.07) is 15.5. The van der Waals surface area contributed by atoms with E-state index in [4.69, 9.17) is 11.6 Å². The first-order valence-corrected chi connectivity index (χ1v) is 13.7. The van der Waals surface area contributed by atoms with Gasteiger partial charge in [-0.05, 0) is 66.6 Å². The quantitative estimate of drug-likeness (QED) is 0.266. The van der Waals surface area contributed by atoms with Crippen LogP contribution in [-0.4, -0.2) is 30.0 Å². The Morgan fingerprint density at radius 1 is 1.06 bits per heavy atom. The maximum atomic E-state index is 13.2. The van der Waals surface area contributed by atoms with Crippen molar-refractivity contribution in [2.24, 2.45) is 0 Å². The molecule has 2 heterocycles. The molecule has 0 saturated heterocycles. The van der Waals surface area contributed by atoms with Gasteiger partial charge in [-0.25, -0.2) is 13.4 Å². The number of benzene rings is 2. The highest BCUT2D eigenvalue weighted by molar-refractivity contribution is 9.10. The Bertz CT molecular complexity index is 1380. The molecule has 6 nitrogen and oxygen atoms in total. The van der Waals surface area contributed by atoms with Crippen LogP contribution in [0, 0.1) is 0 Å². The second-order valence-electron chi connectivity index (χ2n) is 7.32. The van der Waals surface area contributed by atoms with Gasteiger partial charge in [-0.15, -0.1) is 0 Å². The number of sulfone groups is 1. The molecule has 0 bridgehead atoms. The third-order valence-electron chi connectivity index (χ3n) is 4.94. The van der Waals surface area contributed by atoms with E-state index in [1.165, 1.54) is 23.5 Å². The van der Waals surface area contributed by atoms with Crippen molar-refractivity contribution in [3.05, 3.63) is 82.0 Å². The van der Waals surface area contributed by atoms with Gasteiger partial charge in [0.05, 0.1) is 27.4 Å². The first kappa shape index (κ1) is 23.8. The number of rotatable bonds is 8. The number of halogens is 2. The lowest BCUT2D eigenvalue weighted by Gasteiger charge is -2.20. The van der Waals surface area contributed by atoms with Crippen LogP contribution < -0.4 is 4.90 Å². The van der Waals surface area contributed by atoms with E-state index in [2.05, 4.69) is 25.9 Å². The summed E-state index contributed by atoms with van der Waals surface area (Å²) in [5, 5.41) is 1.05. The number of anilines is 1. The monoisotopic (exact) mass is 563 g/mol. The van der Waals surface area contributed by atoms with Crippen LogP contribution in [0.3, 0.4) is 0 Å². The summed E-state index contributed by atoms with van der Waals surface area (Å²) in [5.41, 5.74) is 1.71. The molecule has 170 valence electrons. The van der Waals surface area contributed by atoms with Gasteiger partial charge in [0, 0.05) is 28.3 Å². The van der Waals surface area contributed by atoms with Crippen LogP contribution in [0.1, 0.15) is 18.4 Å². The molecule has 0 fully saturated rings. The minimum absolute atomic E-state index is 0.0809. The van der Waals surface area contributed by atoms with Crippen LogP contribution in [0.4, 0.5) is 5.13 Å². The smallest absolute Gasteiger partial charge is 0.229 e. The van der Waals surface area contributed by atoms with Crippen LogP contribution in [0.15, 0.2) is 76.4 Å². The highest BCUT2D eigenvalue weighted by atomic mass is 79.9. The minimum atomic E-state index is -3.50. The van der Waals surface area contributed by atoms with Gasteiger partial charge in [-0.2, -0.15) is 0 Å². The Labute approximate surface area is 209 Å². The van der Waals surface area contributed by atoms with Crippen molar-refractivity contribution < 1.29 is 13.2 Å². The fourth-order valence-electron chi connectivity index (χ4n) is 3.24. The van der Waals surface area contributed by atoms with E-state index in [1.807, 2.05) is 30.3 Å². The third-order valence-corrected chi connectivity index (χ3v) is 8.54. The zero-order chi connectivity index (χ0) is 23.4. The van der Waals surface area contributed by atoms with Crippen LogP contribution in [0.2, 0.25) is 5.02 Å². The molecule has 0 radical (unpaired) electrons. The number of hydrogen-bond donors (Lipinski definition) is 0. The molecule has 0 saturated carbocycles. The molecule has 0 aliphatic rings. The van der Waals surface area contributed by atoms with Gasteiger partial charge in [-0.3, -0.25) is 14.7 Å². The largest absolute Gasteiger partial charge is 0.284 e. The summed E-state index contributed by atoms with van der Waals surface area (Å²) in [7, 11) is -3.50. The van der Waals surface area contributed by atoms with E-state index in [-0.39, 0.29) is 29.4 Å². The predicted octanol–water partition coefficient (Wildman–Crippen LogP) is 5.89. The summed E-state index contributed by atoms with van der Waals surface area (Å²) in [6.07, 6.45) is 3.63. The van der Waals surface area contributed by atoms with Gasteiger partial charge >= 0.3 is 0 Å². The number of aromatic nitrogens is 2. The first-order valence-electron chi connectivity index (χ1n) is 10.1. The van der Waals surface area contributed by atoms with Gasteiger partial charge in [-0.1, -0.05) is 38.9 Å². The lowest BCUT2D eigenvalue weighted by molar-refractivity contribution is -0.118. The Morgan fingerprint density at radius 3 is 2.52 bits per heavy atom. The van der Waals surface area contributed by atoms with Gasteiger partial charge < -0.3 is 0 Å². The third kappa shape index (κ3) is 5.97. The van der Waals surface area contributed by atoms with Crippen LogP contribution >= 0.6 is 38.9 Å². The molecule has 0 unspecified atom stereocenters. The molecule has 33 heavy (non-hydrogen) atoms. The Hall–Kier alpha value is -2.33. The highest BCUT2D eigenvalue weighted by Gasteiger charge is 2.22. The fourth-order valence-corrected chi connectivity index (χ4v) is 6.21. The molecule has 0 aliphatic carbocycles. The number of thiazole rings is 1. The molecule has 2 aromatic carbocycles. The fraction of sp³-hybridized carbons (Fsp3) is 0.174. The number of carbonyl (C=O) groups excluding carboxylic acids is 1. The normalized spacial score (nSPS) is 11.6. The minimum Gasteiger partial charge on any atom is -0.284 e. The lowest BCUT2D eigenvalue weighted by atomic mass is 10.2. The first-order chi connectivity index (χ1) is 15.8. The highest BCUT2D eigenvalue weighted by Crippen LogP contribution is 2.32. The van der Waals surface area contributed by atoms with E-state index < -0.39 is 9.84 Å². The SMILES string of the molecule is O=C(CCCS(=O)(=O)c1ccc(Cl)cc1)N(Cc1ccncc1)c1nc2ccc(Br)cc2s1. The summed E-state index contributed by atoms with van der Waals surface area (Å²) in [5.74, 6) is -0.313. The molecule has 4 rings (SSSR count). The van der Waals surface area contributed by atoms with Crippen molar-refractivity contribution in [3.63, 3.8) is 0 Å². The molecule has 4 aromatic rings. The van der Waals surface area contributed by atoms with E-state index >= 15 is 0 Å². The average Bonchev–Trinajstić information content (AvgIpc) is 3.21. The van der Waals surface area contributed by atoms with Crippen LogP contribution in [-0.2, 0) is 21.2 Å². The second kappa shape index (κ2) is 10.3. The standard InChI is InChI=1S/C23H19BrClN3O3S2/c24-17-3-8-20-21(14-17)32-23(27-20)28(15-16-9-11-26-12-10-16)22(29)2-1-13-33(30,31)19-6-4-18(25)5-7-19/h3-12,14H,1-2,13,15H2. The zero-order valence-electron chi connectivity index (χ0n) is 17.3. The topological polar surface area (TPSA) is 80.2 Å². The molecule has 0 N–H and O–H groups in total. The Balaban J connectivity index is 1.52. The molecule has 2 aromatic heterocycles. The molecule has 0 spiro atoms. The van der Waals surface area contributed by atoms with E-state index in [0.717, 1.165) is 20.3 Å². The molecule has 10 heteroatoms. The summed E-state index contributed by atoms with van der Waals surface area (Å²) in [6.45, 7) is 0.326. The number of carbonyl (C=O) groups is 1. The van der Waals surface area contributed by atoms with Crippen molar-refractivity contribution in [2.45, 2.75) is 24.3 Å². The maximum Gasteiger partial charge on any atom is 0.229 e. The average molecular weight is 565 g/mol. The zero-order valence-corrected chi connectivity index (χ0v) is 21.3. The van der Waals surface area contributed by atoms with E-state index in [1.54, 1.807) is 29.4 Å². The lowest BCUT2D eigenvalue weighted by Crippen LogP contribution is -2.30. The van der Waals surface area contributed by atoms with Crippen molar-refractivity contribution >= 4 is 70.0 Å². The van der Waals surface area contributed by atoms with Gasteiger partial charge in [0.1, 0.15) is 0 Å². The second-order valence-corrected chi connectivity index (χ2v) is 11.8. The summed E-state index contributed by atoms with van der Waals surface area (Å²) >= 11 is 10.7. The summed E-state index contributed by atoms with van der Waals surface area (Å²) < 4.78 is 27.1. The molecule has 1 amide bonds. The van der Waals surface area contributed by atoms with E-state index in [9.17, 15) is 13.2 Å². The number of pyridine rings is 1. The number of amides is 1. The molecule has 0 aliphatic heterocycles. The van der Waals surface area contributed by atoms with E-state index in [0.29, 0.717) is 16.7 Å². The van der Waals surface area contributed by atoms with Crippen molar-refractivity contribution in [1.82, 2.24) is 9.97 Å². The molecule has 0 atom stereocenters. The summed E-state index contributed by atoms with van der Waals surface area (Å²) in [4.78, 5) is 23.7. The van der Waals surface area contributed by atoms with Crippen molar-refractivity contribution in [2.75, 3.05) is 10.7 Å². The van der Waals surface area contributed by atoms with Crippen molar-refractivity contribution in [1.29, 1.82) is 0 Å². The van der Waals surface area contributed by atoms with Crippen molar-refractivity contribution in [3.8, 4) is 0 Å². The number of fused-ring (bicyclic) bond motifs is 1. The van der Waals surface area contributed by atoms with Crippen LogP contribution in [0.25, 0.3) is 10.2 Å². The molecular weight excluding hydrogens is 546 g/mol. The molecular formula is C23H19BrClN3O3S2. The Morgan fingerprint density at radius 2 is 1.79 bits per heavy atom. The number of nitrogens with zero attached hydrogens (tertiary/aromatic N) is 3. The van der Waals surface area contributed by atoms with Gasteiger partial charge in [0.15, 0.2) is 15.0 Å². The van der Waals surface area contributed by atoms with Gasteiger partial charge in [0.2, 0.25) is 5.91 Å². The maximum absolute atomic E-state index is 13.2. The van der Waals surface area contributed by atoms with Gasteiger partial charge in [0.25, 0.3) is 0 Å². The Kier molecular flexibility index (Phi) is 7.43.